The third-order valence-corrected chi connectivity index (χ3v) is 7.80. The van der Waals surface area contributed by atoms with Gasteiger partial charge >= 0.3 is 0 Å². The van der Waals surface area contributed by atoms with E-state index in [0.29, 0.717) is 17.5 Å². The van der Waals surface area contributed by atoms with Gasteiger partial charge in [0.15, 0.2) is 17.5 Å². The molecule has 0 saturated heterocycles. The van der Waals surface area contributed by atoms with Crippen LogP contribution >= 0.6 is 0 Å². The molecule has 0 radical (unpaired) electrons. The second kappa shape index (κ2) is 10.0. The van der Waals surface area contributed by atoms with Gasteiger partial charge in [0.05, 0.1) is 5.52 Å². The summed E-state index contributed by atoms with van der Waals surface area (Å²) in [6.45, 7) is 0. The Balaban J connectivity index is 1.31. The topological polar surface area (TPSA) is 51.6 Å². The fourth-order valence-corrected chi connectivity index (χ4v) is 5.73. The highest BCUT2D eigenvalue weighted by molar-refractivity contribution is 5.98. The molecular formula is C38H24N4. The number of hydrogen-bond acceptors (Lipinski definition) is 4. The Morgan fingerprint density at radius 3 is 1.48 bits per heavy atom. The largest absolute Gasteiger partial charge is 0.256 e. The normalized spacial score (nSPS) is 11.3. The first kappa shape index (κ1) is 24.1. The minimum Gasteiger partial charge on any atom is -0.256 e. The summed E-state index contributed by atoms with van der Waals surface area (Å²) >= 11 is 0. The Labute approximate surface area is 243 Å². The number of fused-ring (bicyclic) bond motifs is 3. The van der Waals surface area contributed by atoms with E-state index >= 15 is 0 Å². The Morgan fingerprint density at radius 1 is 0.333 bits per heavy atom. The van der Waals surface area contributed by atoms with E-state index < -0.39 is 0 Å². The Morgan fingerprint density at radius 2 is 0.833 bits per heavy atom. The van der Waals surface area contributed by atoms with Gasteiger partial charge < -0.3 is 0 Å². The summed E-state index contributed by atoms with van der Waals surface area (Å²) in [7, 11) is 0. The molecule has 0 amide bonds. The van der Waals surface area contributed by atoms with Crippen LogP contribution in [0.3, 0.4) is 0 Å². The maximum Gasteiger partial charge on any atom is 0.164 e. The van der Waals surface area contributed by atoms with E-state index in [4.69, 9.17) is 15.0 Å². The second-order valence-corrected chi connectivity index (χ2v) is 10.3. The zero-order valence-corrected chi connectivity index (χ0v) is 22.6. The predicted molar refractivity (Wildman–Crippen MR) is 172 cm³/mol. The lowest BCUT2D eigenvalue weighted by Crippen LogP contribution is -2.01. The zero-order chi connectivity index (χ0) is 27.9. The average Bonchev–Trinajstić information content (AvgIpc) is 3.07. The lowest BCUT2D eigenvalue weighted by molar-refractivity contribution is 1.08. The van der Waals surface area contributed by atoms with Crippen molar-refractivity contribution in [1.29, 1.82) is 0 Å². The second-order valence-electron chi connectivity index (χ2n) is 10.3. The van der Waals surface area contributed by atoms with Crippen LogP contribution in [0.1, 0.15) is 0 Å². The van der Waals surface area contributed by atoms with Gasteiger partial charge in [-0.2, -0.15) is 0 Å². The minimum atomic E-state index is 0.641. The molecule has 0 N–H and O–H groups in total. The van der Waals surface area contributed by atoms with Gasteiger partial charge in [0.2, 0.25) is 0 Å². The van der Waals surface area contributed by atoms with Crippen molar-refractivity contribution in [1.82, 2.24) is 19.9 Å². The van der Waals surface area contributed by atoms with E-state index in [0.717, 1.165) is 60.3 Å². The van der Waals surface area contributed by atoms with Crippen LogP contribution in [0.15, 0.2) is 146 Å². The number of para-hydroxylation sites is 1. The van der Waals surface area contributed by atoms with Crippen LogP contribution in [0.25, 0.3) is 77.7 Å². The van der Waals surface area contributed by atoms with Gasteiger partial charge in [0.25, 0.3) is 0 Å². The molecule has 42 heavy (non-hydrogen) atoms. The molecule has 4 heteroatoms. The maximum absolute atomic E-state index is 5.07. The lowest BCUT2D eigenvalue weighted by atomic mass is 10.00. The van der Waals surface area contributed by atoms with Crippen molar-refractivity contribution < 1.29 is 0 Å². The first-order valence-corrected chi connectivity index (χ1v) is 14.0. The first-order chi connectivity index (χ1) is 20.8. The molecule has 2 aromatic heterocycles. The molecular weight excluding hydrogens is 512 g/mol. The highest BCUT2D eigenvalue weighted by Crippen LogP contribution is 2.33. The van der Waals surface area contributed by atoms with Crippen molar-refractivity contribution >= 4 is 32.4 Å². The summed E-state index contributed by atoms with van der Waals surface area (Å²) in [6, 6.07) is 48.0. The van der Waals surface area contributed by atoms with Crippen molar-refractivity contribution in [3.05, 3.63) is 146 Å². The first-order valence-electron chi connectivity index (χ1n) is 14.0. The Bertz CT molecular complexity index is 2140. The molecule has 196 valence electrons. The number of nitrogens with zero attached hydrogens (tertiary/aromatic N) is 4. The molecule has 6 aromatic carbocycles. The monoisotopic (exact) mass is 536 g/mol. The van der Waals surface area contributed by atoms with Crippen molar-refractivity contribution in [3.8, 4) is 45.3 Å². The predicted octanol–water partition coefficient (Wildman–Crippen LogP) is 9.39. The summed E-state index contributed by atoms with van der Waals surface area (Å²) in [5.74, 6) is 1.95. The van der Waals surface area contributed by atoms with Crippen molar-refractivity contribution in [2.75, 3.05) is 0 Å². The van der Waals surface area contributed by atoms with E-state index in [9.17, 15) is 0 Å². The molecule has 0 aliphatic rings. The van der Waals surface area contributed by atoms with Gasteiger partial charge in [-0.3, -0.25) is 4.98 Å². The molecule has 0 atom stereocenters. The quantitative estimate of drug-likeness (QED) is 0.225. The summed E-state index contributed by atoms with van der Waals surface area (Å²) in [4.78, 5) is 19.7. The highest BCUT2D eigenvalue weighted by atomic mass is 15.0. The van der Waals surface area contributed by atoms with Crippen molar-refractivity contribution in [3.63, 3.8) is 0 Å². The number of benzene rings is 6. The van der Waals surface area contributed by atoms with E-state index in [1.807, 2.05) is 18.3 Å². The molecule has 8 rings (SSSR count). The number of rotatable bonds is 4. The van der Waals surface area contributed by atoms with Crippen LogP contribution in [-0.2, 0) is 0 Å². The lowest BCUT2D eigenvalue weighted by Gasteiger charge is -2.12. The van der Waals surface area contributed by atoms with E-state index in [-0.39, 0.29) is 0 Å². The summed E-state index contributed by atoms with van der Waals surface area (Å²) in [5, 5.41) is 5.65. The molecule has 0 fully saturated rings. The molecule has 0 aliphatic heterocycles. The SMILES string of the molecule is c1ccc2c(-c3nc(-c4ccc(-c5ccnc6ccccc56)cc4)nc(-c4cccc5ccccc45)n3)cccc2c1. The maximum atomic E-state index is 5.07. The van der Waals surface area contributed by atoms with Crippen LogP contribution in [-0.4, -0.2) is 19.9 Å². The molecule has 0 aliphatic carbocycles. The third kappa shape index (κ3) is 4.18. The summed E-state index contributed by atoms with van der Waals surface area (Å²) in [6.07, 6.45) is 1.87. The third-order valence-electron chi connectivity index (χ3n) is 7.80. The van der Waals surface area contributed by atoms with Gasteiger partial charge in [0.1, 0.15) is 0 Å². The molecule has 0 saturated carbocycles. The molecule has 4 nitrogen and oxygen atoms in total. The average molecular weight is 537 g/mol. The summed E-state index contributed by atoms with van der Waals surface area (Å²) in [5.41, 5.74) is 6.15. The van der Waals surface area contributed by atoms with Gasteiger partial charge in [-0.15, -0.1) is 0 Å². The molecule has 0 spiro atoms. The van der Waals surface area contributed by atoms with Gasteiger partial charge in [-0.05, 0) is 44.8 Å². The number of aromatic nitrogens is 4. The van der Waals surface area contributed by atoms with Crippen LogP contribution < -0.4 is 0 Å². The fourth-order valence-electron chi connectivity index (χ4n) is 5.73. The zero-order valence-electron chi connectivity index (χ0n) is 22.6. The van der Waals surface area contributed by atoms with Crippen LogP contribution in [0, 0.1) is 0 Å². The minimum absolute atomic E-state index is 0.641. The van der Waals surface area contributed by atoms with Crippen molar-refractivity contribution in [2.45, 2.75) is 0 Å². The molecule has 2 heterocycles. The van der Waals surface area contributed by atoms with E-state index in [2.05, 4.69) is 132 Å². The Kier molecular flexibility index (Phi) is 5.75. The van der Waals surface area contributed by atoms with Crippen LogP contribution in [0.5, 0.6) is 0 Å². The highest BCUT2D eigenvalue weighted by Gasteiger charge is 2.16. The van der Waals surface area contributed by atoms with E-state index in [1.165, 1.54) is 0 Å². The fraction of sp³-hybridized carbons (Fsp3) is 0. The number of hydrogen-bond donors (Lipinski definition) is 0. The van der Waals surface area contributed by atoms with Crippen molar-refractivity contribution in [2.24, 2.45) is 0 Å². The molecule has 8 aromatic rings. The van der Waals surface area contributed by atoms with Gasteiger partial charge in [0, 0.05) is 28.3 Å². The summed E-state index contributed by atoms with van der Waals surface area (Å²) < 4.78 is 0. The standard InChI is InChI=1S/C38H24N4/c1-3-13-29-25(9-1)11-7-16-33(29)37-40-36(41-38(42-37)34-17-8-12-26-10-2-4-14-30(26)34)28-21-19-27(20-22-28)31-23-24-39-35-18-6-5-15-32(31)35/h1-24H. The van der Waals surface area contributed by atoms with Crippen LogP contribution in [0.2, 0.25) is 0 Å². The van der Waals surface area contributed by atoms with Crippen LogP contribution in [0.4, 0.5) is 0 Å². The Hall–Kier alpha value is -5.74. The van der Waals surface area contributed by atoms with E-state index in [1.54, 1.807) is 0 Å². The molecule has 0 unspecified atom stereocenters. The smallest absolute Gasteiger partial charge is 0.164 e. The van der Waals surface area contributed by atoms with Gasteiger partial charge in [-0.25, -0.2) is 15.0 Å². The molecule has 0 bridgehead atoms. The van der Waals surface area contributed by atoms with Gasteiger partial charge in [-0.1, -0.05) is 127 Å². The number of pyridine rings is 1.